The van der Waals surface area contributed by atoms with Crippen molar-refractivity contribution in [1.82, 2.24) is 9.80 Å². The van der Waals surface area contributed by atoms with E-state index in [1.807, 2.05) is 0 Å². The molecule has 4 rings (SSSR count). The Bertz CT molecular complexity index is 1080. The van der Waals surface area contributed by atoms with Gasteiger partial charge in [-0.25, -0.2) is 8.42 Å². The lowest BCUT2D eigenvalue weighted by Gasteiger charge is -2.31. The van der Waals surface area contributed by atoms with E-state index in [0.717, 1.165) is 48.3 Å². The summed E-state index contributed by atoms with van der Waals surface area (Å²) in [5, 5.41) is 4.05. The first-order valence-electron chi connectivity index (χ1n) is 10.5. The van der Waals surface area contributed by atoms with Crippen LogP contribution in [0.3, 0.4) is 0 Å². The average Bonchev–Trinajstić information content (AvgIpc) is 3.13. The van der Waals surface area contributed by atoms with Crippen LogP contribution < -0.4 is 11.1 Å². The zero-order valence-corrected chi connectivity index (χ0v) is 20.7. The fraction of sp³-hybridized carbons (Fsp3) is 0.455. The van der Waals surface area contributed by atoms with Crippen LogP contribution in [0.15, 0.2) is 39.7 Å². The van der Waals surface area contributed by atoms with Gasteiger partial charge in [0.05, 0.1) is 17.3 Å². The Morgan fingerprint density at radius 1 is 1.19 bits per heavy atom. The summed E-state index contributed by atoms with van der Waals surface area (Å²) in [6.07, 6.45) is 1.05. The number of halogens is 2. The predicted octanol–water partition coefficient (Wildman–Crippen LogP) is 3.81. The molecule has 2 aromatic carbocycles. The van der Waals surface area contributed by atoms with Crippen LogP contribution in [0.4, 0.5) is 5.69 Å². The van der Waals surface area contributed by atoms with E-state index in [-0.39, 0.29) is 11.8 Å². The molecule has 1 saturated heterocycles. The van der Waals surface area contributed by atoms with E-state index in [1.165, 1.54) is 11.1 Å². The molecule has 2 heterocycles. The number of fused-ring (bicyclic) bond motifs is 1. The highest BCUT2D eigenvalue weighted by atomic mass is 79.9. The van der Waals surface area contributed by atoms with Crippen LogP contribution in [0.5, 0.6) is 0 Å². The van der Waals surface area contributed by atoms with Gasteiger partial charge in [0.15, 0.2) is 9.84 Å². The van der Waals surface area contributed by atoms with E-state index in [9.17, 15) is 8.42 Å². The van der Waals surface area contributed by atoms with Gasteiger partial charge >= 0.3 is 0 Å². The van der Waals surface area contributed by atoms with E-state index in [4.69, 9.17) is 17.3 Å². The highest BCUT2D eigenvalue weighted by Crippen LogP contribution is 2.32. The molecule has 0 unspecified atom stereocenters. The first-order valence-corrected chi connectivity index (χ1v) is 13.3. The average molecular weight is 528 g/mol. The van der Waals surface area contributed by atoms with Crippen molar-refractivity contribution < 1.29 is 8.42 Å². The van der Waals surface area contributed by atoms with Gasteiger partial charge in [0.2, 0.25) is 0 Å². The SMILES string of the molecule is CCS(=O)(=O)c1ccc(Cl)cc1CN1CNc2cc(CN3CC[C@@H](N)C3)c(Br)cc2C1. The lowest BCUT2D eigenvalue weighted by atomic mass is 10.1. The highest BCUT2D eigenvalue weighted by molar-refractivity contribution is 9.10. The van der Waals surface area contributed by atoms with E-state index in [0.29, 0.717) is 23.1 Å². The summed E-state index contributed by atoms with van der Waals surface area (Å²) in [5.74, 6) is 0.0698. The summed E-state index contributed by atoms with van der Waals surface area (Å²) < 4.78 is 26.1. The maximum Gasteiger partial charge on any atom is 0.178 e. The Balaban J connectivity index is 1.51. The Morgan fingerprint density at radius 2 is 1.97 bits per heavy atom. The van der Waals surface area contributed by atoms with E-state index in [2.05, 4.69) is 43.2 Å². The zero-order chi connectivity index (χ0) is 22.2. The number of sulfone groups is 1. The molecule has 0 spiro atoms. The van der Waals surface area contributed by atoms with Crippen molar-refractivity contribution in [2.75, 3.05) is 30.8 Å². The van der Waals surface area contributed by atoms with Gasteiger partial charge in [-0.2, -0.15) is 0 Å². The van der Waals surface area contributed by atoms with Crippen LogP contribution in [-0.4, -0.2) is 49.8 Å². The maximum atomic E-state index is 12.5. The normalized spacial score (nSPS) is 19.9. The minimum absolute atomic E-state index is 0.0698. The number of likely N-dealkylation sites (tertiary alicyclic amines) is 1. The van der Waals surface area contributed by atoms with Gasteiger partial charge in [0.1, 0.15) is 0 Å². The second kappa shape index (κ2) is 9.37. The molecule has 1 atom stereocenters. The lowest BCUT2D eigenvalue weighted by molar-refractivity contribution is 0.265. The third-order valence-corrected chi connectivity index (χ3v) is 8.80. The van der Waals surface area contributed by atoms with Crippen LogP contribution in [-0.2, 0) is 29.5 Å². The fourth-order valence-electron chi connectivity index (χ4n) is 4.30. The quantitative estimate of drug-likeness (QED) is 0.595. The summed E-state index contributed by atoms with van der Waals surface area (Å²) >= 11 is 9.92. The number of nitrogens with zero attached hydrogens (tertiary/aromatic N) is 2. The van der Waals surface area contributed by atoms with Crippen LogP contribution in [0.25, 0.3) is 0 Å². The Kier molecular flexibility index (Phi) is 6.96. The molecule has 9 heteroatoms. The Labute approximate surface area is 197 Å². The van der Waals surface area contributed by atoms with Crippen molar-refractivity contribution in [3.63, 3.8) is 0 Å². The summed E-state index contributed by atoms with van der Waals surface area (Å²) in [6.45, 7) is 6.40. The largest absolute Gasteiger partial charge is 0.372 e. The molecule has 31 heavy (non-hydrogen) atoms. The van der Waals surface area contributed by atoms with Gasteiger partial charge in [0.25, 0.3) is 0 Å². The second-order valence-corrected chi connectivity index (χ2v) is 11.9. The van der Waals surface area contributed by atoms with Gasteiger partial charge in [-0.1, -0.05) is 34.5 Å². The van der Waals surface area contributed by atoms with Crippen LogP contribution in [0.2, 0.25) is 5.02 Å². The molecule has 0 amide bonds. The smallest absolute Gasteiger partial charge is 0.178 e. The predicted molar refractivity (Wildman–Crippen MR) is 129 cm³/mol. The summed E-state index contributed by atoms with van der Waals surface area (Å²) in [7, 11) is -3.31. The third-order valence-electron chi connectivity index (χ3n) is 5.99. The van der Waals surface area contributed by atoms with Crippen LogP contribution >= 0.6 is 27.5 Å². The molecular weight excluding hydrogens is 500 g/mol. The van der Waals surface area contributed by atoms with E-state index in [1.54, 1.807) is 25.1 Å². The molecule has 168 valence electrons. The molecule has 0 bridgehead atoms. The van der Waals surface area contributed by atoms with Crippen molar-refractivity contribution in [1.29, 1.82) is 0 Å². The topological polar surface area (TPSA) is 78.7 Å². The molecule has 0 radical (unpaired) electrons. The number of rotatable bonds is 6. The summed E-state index contributed by atoms with van der Waals surface area (Å²) in [4.78, 5) is 4.95. The third kappa shape index (κ3) is 5.26. The maximum absolute atomic E-state index is 12.5. The summed E-state index contributed by atoms with van der Waals surface area (Å²) in [5.41, 5.74) is 10.3. The highest BCUT2D eigenvalue weighted by Gasteiger charge is 2.24. The van der Waals surface area contributed by atoms with Crippen molar-refractivity contribution >= 4 is 43.1 Å². The van der Waals surface area contributed by atoms with Crippen LogP contribution in [0.1, 0.15) is 30.0 Å². The van der Waals surface area contributed by atoms with Gasteiger partial charge in [-0.15, -0.1) is 0 Å². The monoisotopic (exact) mass is 526 g/mol. The molecule has 6 nitrogen and oxygen atoms in total. The van der Waals surface area contributed by atoms with Gasteiger partial charge in [-0.3, -0.25) is 9.80 Å². The van der Waals surface area contributed by atoms with Gasteiger partial charge in [-0.05, 0) is 53.4 Å². The van der Waals surface area contributed by atoms with Crippen LogP contribution in [0, 0.1) is 0 Å². The van der Waals surface area contributed by atoms with E-state index >= 15 is 0 Å². The second-order valence-electron chi connectivity index (χ2n) is 8.36. The molecule has 2 aliphatic rings. The summed E-state index contributed by atoms with van der Waals surface area (Å²) in [6, 6.07) is 9.68. The van der Waals surface area contributed by atoms with Crippen molar-refractivity contribution in [2.45, 2.75) is 43.9 Å². The van der Waals surface area contributed by atoms with Crippen molar-refractivity contribution in [3.8, 4) is 0 Å². The van der Waals surface area contributed by atoms with Gasteiger partial charge in [0, 0.05) is 53.9 Å². The molecule has 0 aromatic heterocycles. The molecule has 2 aromatic rings. The zero-order valence-electron chi connectivity index (χ0n) is 17.6. The van der Waals surface area contributed by atoms with Crippen molar-refractivity contribution in [3.05, 3.63) is 56.5 Å². The van der Waals surface area contributed by atoms with Gasteiger partial charge < -0.3 is 11.1 Å². The number of nitrogens with one attached hydrogen (secondary N) is 1. The molecule has 0 aliphatic carbocycles. The van der Waals surface area contributed by atoms with Crippen molar-refractivity contribution in [2.24, 2.45) is 5.73 Å². The first-order chi connectivity index (χ1) is 14.7. The van der Waals surface area contributed by atoms with E-state index < -0.39 is 9.84 Å². The first kappa shape index (κ1) is 23.0. The molecule has 0 saturated carbocycles. The Hall–Kier alpha value is -1.16. The molecule has 1 fully saturated rings. The minimum Gasteiger partial charge on any atom is -0.372 e. The number of anilines is 1. The Morgan fingerprint density at radius 3 is 2.68 bits per heavy atom. The lowest BCUT2D eigenvalue weighted by Crippen LogP contribution is -2.34. The molecule has 3 N–H and O–H groups in total. The number of hydrogen-bond donors (Lipinski definition) is 2. The number of hydrogen-bond acceptors (Lipinski definition) is 6. The molecule has 2 aliphatic heterocycles. The number of benzene rings is 2. The molecular formula is C22H28BrClN4O2S. The standard InChI is InChI=1S/C22H28BrClN4O2S/c1-2-31(29,30)22-4-3-18(24)7-17(22)12-28-11-16-8-20(23)15(9-21(16)26-14-28)10-27-6-5-19(25)13-27/h3-4,7-9,19,26H,2,5-6,10-14,25H2,1H3/t19-/m1/s1. The number of nitrogens with two attached hydrogens (primary N) is 1. The fourth-order valence-corrected chi connectivity index (χ4v) is 6.12. The minimum atomic E-state index is -3.31.